The number of unbranched alkanes of at least 4 members (excludes halogenated alkanes) is 8. The fourth-order valence-electron chi connectivity index (χ4n) is 3.31. The molecule has 0 fully saturated rings. The minimum atomic E-state index is -0.242. The van der Waals surface area contributed by atoms with Crippen molar-refractivity contribution in [2.45, 2.75) is 97.3 Å². The number of aliphatic hydroxyl groups excluding tert-OH is 1. The molecule has 2 unspecified atom stereocenters. The molecule has 0 saturated carbocycles. The Morgan fingerprint density at radius 2 is 1.46 bits per heavy atom. The van der Waals surface area contributed by atoms with Gasteiger partial charge in [0.1, 0.15) is 0 Å². The minimum Gasteiger partial charge on any atom is -0.396 e. The molecular weight excluding hydrogens is 298 g/mol. The van der Waals surface area contributed by atoms with E-state index in [0.29, 0.717) is 0 Å². The van der Waals surface area contributed by atoms with E-state index in [-0.39, 0.29) is 24.3 Å². The number of carbonyl (C=O) groups is 1. The van der Waals surface area contributed by atoms with Crippen LogP contribution in [0, 0.1) is 11.8 Å². The summed E-state index contributed by atoms with van der Waals surface area (Å²) >= 11 is 0. The summed E-state index contributed by atoms with van der Waals surface area (Å²) in [5.74, 6) is -0.352. The molecule has 3 heteroatoms. The van der Waals surface area contributed by atoms with Gasteiger partial charge in [0, 0.05) is 12.5 Å². The molecule has 0 aromatic carbocycles. The van der Waals surface area contributed by atoms with Gasteiger partial charge in [-0.15, -0.1) is 0 Å². The lowest BCUT2D eigenvalue weighted by atomic mass is 9.84. The largest absolute Gasteiger partial charge is 0.396 e. The molecule has 0 aromatic rings. The number of aliphatic hydroxyl groups is 1. The smallest absolute Gasteiger partial charge is 0.220 e. The lowest BCUT2D eigenvalue weighted by Crippen LogP contribution is -2.32. The molecule has 0 radical (unpaired) electrons. The van der Waals surface area contributed by atoms with E-state index in [1.54, 1.807) is 0 Å². The highest BCUT2D eigenvalue weighted by Crippen LogP contribution is 2.23. The second kappa shape index (κ2) is 17.0. The van der Waals surface area contributed by atoms with E-state index >= 15 is 0 Å². The first-order valence-corrected chi connectivity index (χ1v) is 10.2. The molecule has 0 aromatic heterocycles. The van der Waals surface area contributed by atoms with Crippen LogP contribution in [0.15, 0.2) is 12.2 Å². The maximum Gasteiger partial charge on any atom is 0.220 e. The van der Waals surface area contributed by atoms with Gasteiger partial charge < -0.3 is 10.8 Å². The third-order valence-electron chi connectivity index (χ3n) is 4.86. The maximum atomic E-state index is 11.6. The quantitative estimate of drug-likeness (QED) is 0.277. The van der Waals surface area contributed by atoms with Crippen molar-refractivity contribution in [3.8, 4) is 0 Å². The summed E-state index contributed by atoms with van der Waals surface area (Å²) in [5, 5.41) is 9.45. The Hall–Kier alpha value is -0.830. The average Bonchev–Trinajstić information content (AvgIpc) is 2.57. The number of primary amides is 1. The van der Waals surface area contributed by atoms with Gasteiger partial charge in [0.2, 0.25) is 5.91 Å². The molecule has 3 N–H and O–H groups in total. The molecule has 0 saturated heterocycles. The number of nitrogens with two attached hydrogens (primary N) is 1. The summed E-state index contributed by atoms with van der Waals surface area (Å²) < 4.78 is 0. The Balaban J connectivity index is 3.68. The highest BCUT2D eigenvalue weighted by Gasteiger charge is 2.24. The van der Waals surface area contributed by atoms with Crippen LogP contribution in [0.2, 0.25) is 0 Å². The van der Waals surface area contributed by atoms with Crippen molar-refractivity contribution in [3.63, 3.8) is 0 Å². The Morgan fingerprint density at radius 3 is 1.96 bits per heavy atom. The van der Waals surface area contributed by atoms with Gasteiger partial charge in [0.25, 0.3) is 0 Å². The van der Waals surface area contributed by atoms with E-state index in [1.807, 2.05) is 0 Å². The SMILES string of the molecule is CCCCCCC=CCCCCCCC(C(N)=O)C(CO)CCC. The van der Waals surface area contributed by atoms with Crippen LogP contribution in [-0.4, -0.2) is 17.6 Å². The highest BCUT2D eigenvalue weighted by atomic mass is 16.3. The zero-order chi connectivity index (χ0) is 18.0. The molecule has 142 valence electrons. The van der Waals surface area contributed by atoms with Crippen molar-refractivity contribution in [2.24, 2.45) is 17.6 Å². The van der Waals surface area contributed by atoms with Gasteiger partial charge in [-0.3, -0.25) is 4.79 Å². The van der Waals surface area contributed by atoms with Crippen molar-refractivity contribution in [1.82, 2.24) is 0 Å². The molecule has 0 aliphatic carbocycles. The third kappa shape index (κ3) is 12.6. The summed E-state index contributed by atoms with van der Waals surface area (Å²) in [6, 6.07) is 0. The number of hydrogen-bond acceptors (Lipinski definition) is 2. The van der Waals surface area contributed by atoms with Crippen LogP contribution in [0.5, 0.6) is 0 Å². The van der Waals surface area contributed by atoms with Gasteiger partial charge in [-0.25, -0.2) is 0 Å². The second-order valence-electron chi connectivity index (χ2n) is 7.05. The molecule has 0 heterocycles. The van der Waals surface area contributed by atoms with E-state index in [1.165, 1.54) is 51.4 Å². The summed E-state index contributed by atoms with van der Waals surface area (Å²) in [5.41, 5.74) is 5.52. The first-order chi connectivity index (χ1) is 11.7. The van der Waals surface area contributed by atoms with Gasteiger partial charge in [-0.2, -0.15) is 0 Å². The predicted molar refractivity (Wildman–Crippen MR) is 104 cm³/mol. The van der Waals surface area contributed by atoms with Crippen molar-refractivity contribution in [3.05, 3.63) is 12.2 Å². The van der Waals surface area contributed by atoms with E-state index in [2.05, 4.69) is 26.0 Å². The Kier molecular flexibility index (Phi) is 16.4. The molecule has 0 bridgehead atoms. The van der Waals surface area contributed by atoms with Gasteiger partial charge >= 0.3 is 0 Å². The van der Waals surface area contributed by atoms with Gasteiger partial charge in [-0.1, -0.05) is 70.9 Å². The number of amides is 1. The lowest BCUT2D eigenvalue weighted by molar-refractivity contribution is -0.124. The number of rotatable bonds is 17. The van der Waals surface area contributed by atoms with Gasteiger partial charge in [-0.05, 0) is 44.4 Å². The second-order valence-corrected chi connectivity index (χ2v) is 7.05. The van der Waals surface area contributed by atoms with Crippen LogP contribution in [0.1, 0.15) is 97.3 Å². The lowest BCUT2D eigenvalue weighted by Gasteiger charge is -2.22. The first kappa shape index (κ1) is 23.2. The van der Waals surface area contributed by atoms with Crippen molar-refractivity contribution >= 4 is 5.91 Å². The average molecular weight is 340 g/mol. The van der Waals surface area contributed by atoms with Crippen LogP contribution < -0.4 is 5.73 Å². The first-order valence-electron chi connectivity index (χ1n) is 10.2. The molecule has 3 nitrogen and oxygen atoms in total. The minimum absolute atomic E-state index is 0.0446. The van der Waals surface area contributed by atoms with Gasteiger partial charge in [0.15, 0.2) is 0 Å². The molecule has 0 aliphatic heterocycles. The van der Waals surface area contributed by atoms with Crippen LogP contribution in [0.4, 0.5) is 0 Å². The van der Waals surface area contributed by atoms with Crippen molar-refractivity contribution in [1.29, 1.82) is 0 Å². The van der Waals surface area contributed by atoms with Crippen LogP contribution in [0.3, 0.4) is 0 Å². The monoisotopic (exact) mass is 339 g/mol. The Bertz CT molecular complexity index is 315. The summed E-state index contributed by atoms with van der Waals surface area (Å²) in [6.45, 7) is 4.40. The summed E-state index contributed by atoms with van der Waals surface area (Å²) in [6.07, 6.45) is 19.7. The maximum absolute atomic E-state index is 11.6. The standard InChI is InChI=1S/C21H41NO2/c1-3-5-6-7-8-9-10-11-12-13-14-15-17-20(21(22)24)19(18-23)16-4-2/h9-10,19-20,23H,3-8,11-18H2,1-2H3,(H2,22,24). The Labute approximate surface area is 150 Å². The fraction of sp³-hybridized carbons (Fsp3) is 0.857. The van der Waals surface area contributed by atoms with E-state index < -0.39 is 0 Å². The summed E-state index contributed by atoms with van der Waals surface area (Å²) in [4.78, 5) is 11.6. The van der Waals surface area contributed by atoms with E-state index in [4.69, 9.17) is 5.73 Å². The molecule has 0 spiro atoms. The number of hydrogen-bond donors (Lipinski definition) is 2. The zero-order valence-corrected chi connectivity index (χ0v) is 16.1. The molecule has 0 aliphatic rings. The van der Waals surface area contributed by atoms with E-state index in [9.17, 15) is 9.90 Å². The molecular formula is C21H41NO2. The van der Waals surface area contributed by atoms with Gasteiger partial charge in [0.05, 0.1) is 0 Å². The summed E-state index contributed by atoms with van der Waals surface area (Å²) in [7, 11) is 0. The predicted octanol–water partition coefficient (Wildman–Crippen LogP) is 5.36. The van der Waals surface area contributed by atoms with Crippen molar-refractivity contribution < 1.29 is 9.90 Å². The molecule has 24 heavy (non-hydrogen) atoms. The zero-order valence-electron chi connectivity index (χ0n) is 16.1. The topological polar surface area (TPSA) is 63.3 Å². The molecule has 1 amide bonds. The highest BCUT2D eigenvalue weighted by molar-refractivity contribution is 5.76. The van der Waals surface area contributed by atoms with Crippen LogP contribution in [-0.2, 0) is 4.79 Å². The number of allylic oxidation sites excluding steroid dienone is 2. The normalized spacial score (nSPS) is 14.1. The number of carbonyl (C=O) groups excluding carboxylic acids is 1. The molecule has 2 atom stereocenters. The van der Waals surface area contributed by atoms with E-state index in [0.717, 1.165) is 32.1 Å². The Morgan fingerprint density at radius 1 is 0.875 bits per heavy atom. The van der Waals surface area contributed by atoms with Crippen LogP contribution in [0.25, 0.3) is 0 Å². The fourth-order valence-corrected chi connectivity index (χ4v) is 3.31. The third-order valence-corrected chi connectivity index (χ3v) is 4.86. The molecule has 0 rings (SSSR count). The van der Waals surface area contributed by atoms with Crippen LogP contribution >= 0.6 is 0 Å². The van der Waals surface area contributed by atoms with Crippen molar-refractivity contribution in [2.75, 3.05) is 6.61 Å².